The van der Waals surface area contributed by atoms with E-state index in [1.807, 2.05) is 6.92 Å². The monoisotopic (exact) mass is 482 g/mol. The van der Waals surface area contributed by atoms with Crippen molar-refractivity contribution in [1.82, 2.24) is 10.2 Å². The molecule has 7 nitrogen and oxygen atoms in total. The van der Waals surface area contributed by atoms with E-state index in [1.54, 1.807) is 4.90 Å². The Morgan fingerprint density at radius 2 is 1.88 bits per heavy atom. The van der Waals surface area contributed by atoms with Crippen molar-refractivity contribution in [2.24, 2.45) is 10.7 Å². The zero-order valence-corrected chi connectivity index (χ0v) is 18.3. The summed E-state index contributed by atoms with van der Waals surface area (Å²) in [4.78, 5) is 17.8. The van der Waals surface area contributed by atoms with Crippen molar-refractivity contribution in [3.63, 3.8) is 0 Å². The number of piperidine rings is 1. The van der Waals surface area contributed by atoms with E-state index in [2.05, 4.69) is 10.3 Å². The minimum Gasteiger partial charge on any atom is -0.450 e. The quantitative estimate of drug-likeness (QED) is 0.252. The number of aliphatic imine (C=N–C) groups is 1. The van der Waals surface area contributed by atoms with Gasteiger partial charge in [0.15, 0.2) is 5.96 Å². The highest BCUT2D eigenvalue weighted by Gasteiger charge is 2.23. The lowest BCUT2D eigenvalue weighted by Gasteiger charge is -2.31. The summed E-state index contributed by atoms with van der Waals surface area (Å²) in [7, 11) is 0. The lowest BCUT2D eigenvalue weighted by molar-refractivity contribution is 0.0281. The first-order valence-electron chi connectivity index (χ1n) is 9.78. The van der Waals surface area contributed by atoms with E-state index in [4.69, 9.17) is 15.2 Å². The highest BCUT2D eigenvalue weighted by atomic mass is 127. The van der Waals surface area contributed by atoms with Crippen LogP contribution >= 0.6 is 24.0 Å². The Kier molecular flexibility index (Phi) is 12.0. The molecule has 0 radical (unpaired) electrons. The van der Waals surface area contributed by atoms with E-state index in [9.17, 15) is 4.79 Å². The first-order valence-corrected chi connectivity index (χ1v) is 9.78. The predicted octanol–water partition coefficient (Wildman–Crippen LogP) is 2.87. The van der Waals surface area contributed by atoms with Gasteiger partial charge in [0, 0.05) is 32.3 Å². The number of guanidine groups is 1. The fourth-order valence-corrected chi connectivity index (χ4v) is 3.42. The van der Waals surface area contributed by atoms with Crippen LogP contribution in [0.3, 0.4) is 0 Å². The second kappa shape index (κ2) is 13.4. The number of hydrogen-bond donors (Lipinski definition) is 2. The minimum atomic E-state index is -0.222. The lowest BCUT2D eigenvalue weighted by atomic mass is 9.98. The number of likely N-dealkylation sites (tertiary alicyclic amines) is 1. The number of halogens is 1. The lowest BCUT2D eigenvalue weighted by Crippen LogP contribution is -2.48. The molecule has 2 rings (SSSR count). The molecule has 1 saturated heterocycles. The zero-order chi connectivity index (χ0) is 17.9. The van der Waals surface area contributed by atoms with E-state index in [0.29, 0.717) is 38.3 Å². The predicted molar refractivity (Wildman–Crippen MR) is 114 cm³/mol. The van der Waals surface area contributed by atoms with E-state index >= 15 is 0 Å². The topological polar surface area (TPSA) is 89.2 Å². The summed E-state index contributed by atoms with van der Waals surface area (Å²) < 4.78 is 10.9. The molecule has 0 unspecified atom stereocenters. The van der Waals surface area contributed by atoms with E-state index < -0.39 is 0 Å². The maximum Gasteiger partial charge on any atom is 0.409 e. The molecule has 26 heavy (non-hydrogen) atoms. The third kappa shape index (κ3) is 8.75. The van der Waals surface area contributed by atoms with Crippen LogP contribution in [0.25, 0.3) is 0 Å². The van der Waals surface area contributed by atoms with Crippen molar-refractivity contribution in [2.45, 2.75) is 70.4 Å². The fraction of sp³-hybridized carbons (Fsp3) is 0.889. The van der Waals surface area contributed by atoms with E-state index in [1.165, 1.54) is 32.1 Å². The Hall–Kier alpha value is -0.770. The standard InChI is InChI=1S/C18H34N4O3.HI/c1-2-24-18(23)22-12-9-15(10-13-22)21-17(19)20-11-6-14-25-16-7-4-3-5-8-16;/h15-16H,2-14H2,1H3,(H3,19,20,21);1H. The number of hydrogen-bond acceptors (Lipinski definition) is 4. The van der Waals surface area contributed by atoms with Crippen LogP contribution in [-0.4, -0.2) is 61.9 Å². The minimum absolute atomic E-state index is 0. The van der Waals surface area contributed by atoms with Gasteiger partial charge in [0.25, 0.3) is 0 Å². The van der Waals surface area contributed by atoms with Crippen LogP contribution in [0.1, 0.15) is 58.3 Å². The van der Waals surface area contributed by atoms with Crippen LogP contribution in [0, 0.1) is 0 Å². The summed E-state index contributed by atoms with van der Waals surface area (Å²) in [5.41, 5.74) is 5.96. The highest BCUT2D eigenvalue weighted by Crippen LogP contribution is 2.20. The highest BCUT2D eigenvalue weighted by molar-refractivity contribution is 14.0. The van der Waals surface area contributed by atoms with E-state index in [0.717, 1.165) is 25.9 Å². The summed E-state index contributed by atoms with van der Waals surface area (Å²) in [5, 5.41) is 3.26. The molecule has 3 N–H and O–H groups in total. The third-order valence-electron chi connectivity index (χ3n) is 4.86. The number of carbonyl (C=O) groups is 1. The smallest absolute Gasteiger partial charge is 0.409 e. The second-order valence-electron chi connectivity index (χ2n) is 6.86. The van der Waals surface area contributed by atoms with Gasteiger partial charge in [-0.3, -0.25) is 4.99 Å². The van der Waals surface area contributed by atoms with Gasteiger partial charge in [0.2, 0.25) is 0 Å². The van der Waals surface area contributed by atoms with Gasteiger partial charge in [0.1, 0.15) is 0 Å². The number of amides is 1. The van der Waals surface area contributed by atoms with Crippen molar-refractivity contribution >= 4 is 36.0 Å². The van der Waals surface area contributed by atoms with Crippen LogP contribution < -0.4 is 11.1 Å². The first-order chi connectivity index (χ1) is 12.2. The molecular formula is C18H35IN4O3. The molecule has 2 fully saturated rings. The van der Waals surface area contributed by atoms with Crippen molar-refractivity contribution in [1.29, 1.82) is 0 Å². The van der Waals surface area contributed by atoms with Gasteiger partial charge in [-0.2, -0.15) is 0 Å². The van der Waals surface area contributed by atoms with Crippen molar-refractivity contribution in [3.05, 3.63) is 0 Å². The first kappa shape index (κ1) is 23.3. The molecule has 2 aliphatic rings. The Morgan fingerprint density at radius 1 is 1.19 bits per heavy atom. The summed E-state index contributed by atoms with van der Waals surface area (Å²) >= 11 is 0. The molecule has 152 valence electrons. The molecule has 0 spiro atoms. The third-order valence-corrected chi connectivity index (χ3v) is 4.86. The second-order valence-corrected chi connectivity index (χ2v) is 6.86. The van der Waals surface area contributed by atoms with Gasteiger partial charge in [-0.15, -0.1) is 24.0 Å². The van der Waals surface area contributed by atoms with Crippen molar-refractivity contribution in [3.8, 4) is 0 Å². The normalized spacial score (nSPS) is 19.7. The number of nitrogens with two attached hydrogens (primary N) is 1. The van der Waals surface area contributed by atoms with Gasteiger partial charge in [-0.25, -0.2) is 4.79 Å². The molecule has 0 atom stereocenters. The van der Waals surface area contributed by atoms with E-state index in [-0.39, 0.29) is 36.1 Å². The molecule has 0 aromatic carbocycles. The molecule has 1 saturated carbocycles. The molecule has 0 aromatic rings. The van der Waals surface area contributed by atoms with Crippen molar-refractivity contribution < 1.29 is 14.3 Å². The largest absolute Gasteiger partial charge is 0.450 e. The Bertz CT molecular complexity index is 423. The molecule has 0 bridgehead atoms. The zero-order valence-electron chi connectivity index (χ0n) is 16.0. The van der Waals surface area contributed by atoms with Gasteiger partial charge in [-0.1, -0.05) is 19.3 Å². The van der Waals surface area contributed by atoms with Gasteiger partial charge < -0.3 is 25.4 Å². The Labute approximate surface area is 174 Å². The number of rotatable bonds is 7. The number of carbonyl (C=O) groups excluding carboxylic acids is 1. The number of ether oxygens (including phenoxy) is 2. The summed E-state index contributed by atoms with van der Waals surface area (Å²) in [6.07, 6.45) is 9.22. The molecule has 0 aromatic heterocycles. The van der Waals surface area contributed by atoms with Gasteiger partial charge in [0.05, 0.1) is 12.7 Å². The van der Waals surface area contributed by atoms with Crippen LogP contribution in [0.2, 0.25) is 0 Å². The number of nitrogens with one attached hydrogen (secondary N) is 1. The summed E-state index contributed by atoms with van der Waals surface area (Å²) in [6, 6.07) is 0.271. The summed E-state index contributed by atoms with van der Waals surface area (Å²) in [5.74, 6) is 0.493. The average molecular weight is 482 g/mol. The maximum atomic E-state index is 11.7. The van der Waals surface area contributed by atoms with Crippen LogP contribution in [-0.2, 0) is 9.47 Å². The maximum absolute atomic E-state index is 11.7. The summed E-state index contributed by atoms with van der Waals surface area (Å²) in [6.45, 7) is 5.08. The van der Waals surface area contributed by atoms with Crippen LogP contribution in [0.4, 0.5) is 4.79 Å². The van der Waals surface area contributed by atoms with Gasteiger partial charge >= 0.3 is 6.09 Å². The van der Waals surface area contributed by atoms with Crippen molar-refractivity contribution in [2.75, 3.05) is 32.8 Å². The van der Waals surface area contributed by atoms with Crippen LogP contribution in [0.5, 0.6) is 0 Å². The molecule has 1 aliphatic heterocycles. The Morgan fingerprint density at radius 3 is 2.54 bits per heavy atom. The molecule has 1 heterocycles. The number of nitrogens with zero attached hydrogens (tertiary/aromatic N) is 2. The average Bonchev–Trinajstić information content (AvgIpc) is 2.63. The molecular weight excluding hydrogens is 447 g/mol. The van der Waals surface area contributed by atoms with Crippen LogP contribution in [0.15, 0.2) is 4.99 Å². The Balaban J connectivity index is 0.00000338. The molecule has 1 amide bonds. The van der Waals surface area contributed by atoms with Gasteiger partial charge in [-0.05, 0) is 39.0 Å². The fourth-order valence-electron chi connectivity index (χ4n) is 3.42. The SMILES string of the molecule is CCOC(=O)N1CCC(NC(N)=NCCCOC2CCCCC2)CC1.I. The molecule has 8 heteroatoms. The molecule has 1 aliphatic carbocycles.